The normalized spacial score (nSPS) is 52.8. The van der Waals surface area contributed by atoms with Crippen LogP contribution in [0.25, 0.3) is 0 Å². The first-order valence-corrected chi connectivity index (χ1v) is 17.5. The molecule has 12 heteroatoms. The molecule has 0 unspecified atom stereocenters. The number of rotatable bonds is 5. The lowest BCUT2D eigenvalue weighted by atomic mass is 9.33. The topological polar surface area (TPSA) is 211 Å². The predicted octanol–water partition coefficient (Wildman–Crippen LogP) is 3.19. The molecule has 0 radical (unpaired) electrons. The van der Waals surface area contributed by atoms with Crippen molar-refractivity contribution in [2.24, 2.45) is 50.2 Å². The Kier molecular flexibility index (Phi) is 8.34. The molecule has 0 spiro atoms. The van der Waals surface area contributed by atoms with Crippen LogP contribution in [0.1, 0.15) is 99.3 Å². The predicted molar refractivity (Wildman–Crippen MR) is 169 cm³/mol. The number of carbonyl (C=O) groups is 3. The fourth-order valence-corrected chi connectivity index (χ4v) is 12.2. The van der Waals surface area contributed by atoms with Crippen LogP contribution < -0.4 is 0 Å². The molecule has 6 rings (SSSR count). The van der Waals surface area contributed by atoms with Crippen LogP contribution in [0.5, 0.6) is 0 Å². The summed E-state index contributed by atoms with van der Waals surface area (Å²) in [4.78, 5) is 39.0. The summed E-state index contributed by atoms with van der Waals surface area (Å²) < 4.78 is 11.3. The summed E-state index contributed by atoms with van der Waals surface area (Å²) in [7, 11) is 0. The summed E-state index contributed by atoms with van der Waals surface area (Å²) in [6.07, 6.45) is -4.61. The number of carboxylic acids is 3. The van der Waals surface area contributed by atoms with Gasteiger partial charge in [0.25, 0.3) is 0 Å². The number of aliphatic hydroxyl groups excluding tert-OH is 4. The molecule has 48 heavy (non-hydrogen) atoms. The van der Waals surface area contributed by atoms with Gasteiger partial charge in [0.05, 0.1) is 16.9 Å². The van der Waals surface area contributed by atoms with E-state index >= 15 is 0 Å². The highest BCUT2D eigenvalue weighted by molar-refractivity contribution is 5.80. The molecule has 0 amide bonds. The lowest BCUT2D eigenvalue weighted by Crippen LogP contribution is -2.71. The number of aliphatic carboxylic acids is 3. The van der Waals surface area contributed by atoms with Crippen molar-refractivity contribution >= 4 is 17.9 Å². The Morgan fingerprint density at radius 1 is 0.792 bits per heavy atom. The summed E-state index contributed by atoms with van der Waals surface area (Å²) >= 11 is 0. The van der Waals surface area contributed by atoms with Crippen molar-refractivity contribution < 1.29 is 59.6 Å². The van der Waals surface area contributed by atoms with E-state index in [-0.39, 0.29) is 36.0 Å². The molecule has 270 valence electrons. The standard InChI is InChI=1S/C36H54O12/c1-31(2)11-12-32(3)13-14-34(5)17(18(32)15-31)7-8-21-33(4)16-19(37)26(48-28-24(40)22(38)23(39)25(47-28)27(41)42)35(6,29(43)44)20(33)9-10-36(21,34)30(45)46/h7,18-26,28,37-40H,8-16H2,1-6H3,(H,41,42)(H,43,44)(H,45,46)/t18-,19-,20+,21+,22-,23-,24+,25-,26-,28-,32+,33-,34+,35-,36+/m0/s1. The van der Waals surface area contributed by atoms with Gasteiger partial charge in [-0.3, -0.25) is 9.59 Å². The van der Waals surface area contributed by atoms with Gasteiger partial charge in [-0.15, -0.1) is 0 Å². The molecule has 5 fully saturated rings. The minimum Gasteiger partial charge on any atom is -0.481 e. The van der Waals surface area contributed by atoms with Crippen LogP contribution in [-0.2, 0) is 23.9 Å². The first kappa shape index (κ1) is 35.7. The van der Waals surface area contributed by atoms with E-state index in [0.29, 0.717) is 6.42 Å². The summed E-state index contributed by atoms with van der Waals surface area (Å²) in [5.74, 6) is -4.68. The van der Waals surface area contributed by atoms with E-state index in [0.717, 1.165) is 32.1 Å². The maximum Gasteiger partial charge on any atom is 0.335 e. The largest absolute Gasteiger partial charge is 0.481 e. The average Bonchev–Trinajstić information content (AvgIpc) is 2.99. The molecule has 4 saturated carbocycles. The van der Waals surface area contributed by atoms with E-state index in [1.54, 1.807) is 0 Å². The Morgan fingerprint density at radius 3 is 2.04 bits per heavy atom. The van der Waals surface area contributed by atoms with E-state index < -0.39 is 94.3 Å². The molecule has 5 aliphatic carbocycles. The van der Waals surface area contributed by atoms with Crippen molar-refractivity contribution in [2.75, 3.05) is 0 Å². The third-order valence-electron chi connectivity index (χ3n) is 15.0. The van der Waals surface area contributed by atoms with Crippen LogP contribution in [0.2, 0.25) is 0 Å². The van der Waals surface area contributed by atoms with Gasteiger partial charge >= 0.3 is 17.9 Å². The summed E-state index contributed by atoms with van der Waals surface area (Å²) in [5, 5.41) is 74.8. The van der Waals surface area contributed by atoms with E-state index in [2.05, 4.69) is 33.8 Å². The van der Waals surface area contributed by atoms with Crippen LogP contribution in [0, 0.1) is 50.2 Å². The fourth-order valence-electron chi connectivity index (χ4n) is 12.2. The number of hydrogen-bond acceptors (Lipinski definition) is 9. The highest BCUT2D eigenvalue weighted by atomic mass is 16.7. The summed E-state index contributed by atoms with van der Waals surface area (Å²) in [6.45, 7) is 12.4. The summed E-state index contributed by atoms with van der Waals surface area (Å²) in [5.41, 5.74) is -3.14. The molecule has 12 nitrogen and oxygen atoms in total. The van der Waals surface area contributed by atoms with Crippen LogP contribution in [-0.4, -0.2) is 96.6 Å². The smallest absolute Gasteiger partial charge is 0.335 e. The van der Waals surface area contributed by atoms with Crippen LogP contribution in [0.15, 0.2) is 11.6 Å². The van der Waals surface area contributed by atoms with Gasteiger partial charge in [0.1, 0.15) is 24.4 Å². The number of fused-ring (bicyclic) bond motifs is 7. The van der Waals surface area contributed by atoms with Crippen molar-refractivity contribution in [3.8, 4) is 0 Å². The van der Waals surface area contributed by atoms with Crippen LogP contribution in [0.3, 0.4) is 0 Å². The number of ether oxygens (including phenoxy) is 2. The summed E-state index contributed by atoms with van der Waals surface area (Å²) in [6, 6.07) is 0. The molecule has 0 bridgehead atoms. The van der Waals surface area contributed by atoms with E-state index in [1.165, 1.54) is 12.5 Å². The highest BCUT2D eigenvalue weighted by Gasteiger charge is 2.75. The SMILES string of the molecule is CC1(C)CC[C@]2(C)CC[C@]3(C)C(=CC[C@@H]4[C@@]5(C)C[C@H](O)[C@H](O[C@@H]6O[C@H](C(=O)O)[C@@H](O)[C@H](O)[C@H]6O)[C@@](C)(C(=O)O)[C@@H]5CC[C@]43C(=O)O)[C@@H]2C1. The molecule has 6 aliphatic rings. The molecule has 0 aromatic carbocycles. The molecule has 1 heterocycles. The molecule has 0 aromatic heterocycles. The second-order valence-corrected chi connectivity index (χ2v) is 17.9. The third kappa shape index (κ3) is 4.65. The Hall–Kier alpha value is -2.09. The van der Waals surface area contributed by atoms with Gasteiger partial charge in [-0.2, -0.15) is 0 Å². The van der Waals surface area contributed by atoms with Gasteiger partial charge in [0.2, 0.25) is 0 Å². The second-order valence-electron chi connectivity index (χ2n) is 17.9. The Labute approximate surface area is 281 Å². The number of aliphatic hydroxyl groups is 4. The van der Waals surface area contributed by atoms with Crippen molar-refractivity contribution in [3.63, 3.8) is 0 Å². The lowest BCUT2D eigenvalue weighted by Gasteiger charge is -2.70. The van der Waals surface area contributed by atoms with Crippen molar-refractivity contribution in [3.05, 3.63) is 11.6 Å². The van der Waals surface area contributed by atoms with Crippen LogP contribution in [0.4, 0.5) is 0 Å². The maximum atomic E-state index is 13.9. The number of allylic oxidation sites excluding steroid dienone is 2. The average molecular weight is 679 g/mol. The fraction of sp³-hybridized carbons (Fsp3) is 0.861. The van der Waals surface area contributed by atoms with Crippen LogP contribution >= 0.6 is 0 Å². The second kappa shape index (κ2) is 11.2. The van der Waals surface area contributed by atoms with E-state index in [4.69, 9.17) is 9.47 Å². The van der Waals surface area contributed by atoms with Gasteiger partial charge in [0, 0.05) is 5.41 Å². The number of hydrogen-bond donors (Lipinski definition) is 7. The van der Waals surface area contributed by atoms with Crippen molar-refractivity contribution in [1.29, 1.82) is 0 Å². The maximum absolute atomic E-state index is 13.9. The molecule has 1 saturated heterocycles. The molecule has 1 aliphatic heterocycles. The first-order valence-electron chi connectivity index (χ1n) is 17.5. The quantitative estimate of drug-likeness (QED) is 0.165. The zero-order chi connectivity index (χ0) is 35.6. The monoisotopic (exact) mass is 678 g/mol. The van der Waals surface area contributed by atoms with Crippen molar-refractivity contribution in [1.82, 2.24) is 0 Å². The zero-order valence-electron chi connectivity index (χ0n) is 28.9. The molecule has 0 aromatic rings. The van der Waals surface area contributed by atoms with Crippen molar-refractivity contribution in [2.45, 2.75) is 142 Å². The highest BCUT2D eigenvalue weighted by Crippen LogP contribution is 2.76. The Morgan fingerprint density at radius 2 is 1.44 bits per heavy atom. The van der Waals surface area contributed by atoms with E-state index in [9.17, 15) is 50.1 Å². The molecular weight excluding hydrogens is 624 g/mol. The van der Waals surface area contributed by atoms with Gasteiger partial charge in [-0.1, -0.05) is 46.3 Å². The van der Waals surface area contributed by atoms with Gasteiger partial charge < -0.3 is 45.2 Å². The minimum atomic E-state index is -1.96. The molecular formula is C36H54O12. The van der Waals surface area contributed by atoms with E-state index in [1.807, 2.05) is 6.92 Å². The zero-order valence-corrected chi connectivity index (χ0v) is 28.9. The first-order chi connectivity index (χ1) is 22.1. The Bertz CT molecular complexity index is 1390. The molecule has 15 atom stereocenters. The minimum absolute atomic E-state index is 0.00861. The Balaban J connectivity index is 1.40. The van der Waals surface area contributed by atoms with Gasteiger partial charge in [-0.05, 0) is 98.7 Å². The number of carboxylic acid groups (broad SMARTS) is 3. The van der Waals surface area contributed by atoms with Gasteiger partial charge in [-0.25, -0.2) is 4.79 Å². The molecule has 7 N–H and O–H groups in total. The lowest BCUT2D eigenvalue weighted by molar-refractivity contribution is -0.335. The van der Waals surface area contributed by atoms with Gasteiger partial charge in [0.15, 0.2) is 12.4 Å². The third-order valence-corrected chi connectivity index (χ3v) is 15.0.